The van der Waals surface area contributed by atoms with Gasteiger partial charge in [-0.1, -0.05) is 32.4 Å². The molecule has 0 saturated carbocycles. The molecule has 1 rings (SSSR count). The lowest BCUT2D eigenvalue weighted by Gasteiger charge is -2.19. The number of halogens is 1. The molecule has 100 valence electrons. The van der Waals surface area contributed by atoms with Gasteiger partial charge in [0, 0.05) is 17.4 Å². The highest BCUT2D eigenvalue weighted by atomic mass is 19.1. The molecule has 0 unspecified atom stereocenters. The van der Waals surface area contributed by atoms with Gasteiger partial charge in [-0.25, -0.2) is 4.39 Å². The van der Waals surface area contributed by atoms with Crippen molar-refractivity contribution in [1.29, 1.82) is 0 Å². The normalized spacial score (nSPS) is 25.7. The van der Waals surface area contributed by atoms with E-state index in [9.17, 15) is 18.8 Å². The molecule has 0 aromatic rings. The predicted molar refractivity (Wildman–Crippen MR) is 64.0 cm³/mol. The number of ketones is 1. The minimum Gasteiger partial charge on any atom is -0.291 e. The number of nitrogens with zero attached hydrogens (tertiary/aromatic N) is 1. The van der Waals surface area contributed by atoms with Crippen molar-refractivity contribution < 1.29 is 29.7 Å². The zero-order valence-corrected chi connectivity index (χ0v) is 9.75. The maximum atomic E-state index is 13.3. The fourth-order valence-electron chi connectivity index (χ4n) is 1.23. The predicted octanol–water partition coefficient (Wildman–Crippen LogP) is 2.49. The van der Waals surface area contributed by atoms with Gasteiger partial charge in [0.05, 0.1) is 12.6 Å². The van der Waals surface area contributed by atoms with Crippen LogP contribution in [0, 0.1) is 0 Å². The van der Waals surface area contributed by atoms with Gasteiger partial charge in [0.2, 0.25) is 17.6 Å². The molecule has 0 saturated heterocycles. The summed E-state index contributed by atoms with van der Waals surface area (Å²) < 4.78 is 74.4. The van der Waals surface area contributed by atoms with Crippen LogP contribution in [0.3, 0.4) is 0 Å². The Bertz CT molecular complexity index is 656. The fraction of sp³-hybridized carbons (Fsp3) is 0.615. The SMILES string of the molecule is [2H]C([2H])(C)C([2H])([2H])C([2H])([2H])C([2H])([2H])CCC(=O)N1C=C(F)C(=O)CC1=O. The van der Waals surface area contributed by atoms with Crippen molar-refractivity contribution in [2.75, 3.05) is 0 Å². The second-order valence-electron chi connectivity index (χ2n) is 3.41. The molecule has 0 atom stereocenters. The van der Waals surface area contributed by atoms with E-state index in [1.165, 1.54) is 0 Å². The molecule has 4 nitrogen and oxygen atoms in total. The molecule has 2 amide bonds. The van der Waals surface area contributed by atoms with Crippen LogP contribution in [0.5, 0.6) is 0 Å². The first-order valence-electron chi connectivity index (χ1n) is 9.21. The fourth-order valence-corrected chi connectivity index (χ4v) is 1.23. The van der Waals surface area contributed by atoms with Gasteiger partial charge in [0.25, 0.3) is 0 Å². The number of imide groups is 1. The number of amides is 2. The van der Waals surface area contributed by atoms with E-state index in [-0.39, 0.29) is 0 Å². The number of hydrogen-bond donors (Lipinski definition) is 0. The van der Waals surface area contributed by atoms with Crippen molar-refractivity contribution >= 4 is 17.6 Å². The minimum absolute atomic E-state index is 0.302. The number of rotatable bonds is 6. The van der Waals surface area contributed by atoms with Gasteiger partial charge < -0.3 is 0 Å². The standard InChI is InChI=1S/C13H18FNO3/c1-2-3-4-5-6-7-12(17)15-9-10(14)11(16)8-13(15)18/h9H,2-8H2,1H3/i2D2,3D2,4D2,5D2. The average molecular weight is 263 g/mol. The van der Waals surface area contributed by atoms with Crippen LogP contribution in [0.15, 0.2) is 12.0 Å². The van der Waals surface area contributed by atoms with Crippen LogP contribution in [-0.4, -0.2) is 22.5 Å². The Kier molecular flexibility index (Phi) is 2.58. The molecule has 0 fully saturated rings. The third-order valence-electron chi connectivity index (χ3n) is 2.10. The van der Waals surface area contributed by atoms with E-state index < -0.39 is 68.2 Å². The van der Waals surface area contributed by atoms with Gasteiger partial charge in [-0.3, -0.25) is 19.3 Å². The smallest absolute Gasteiger partial charge is 0.241 e. The Labute approximate surface area is 117 Å². The number of carbonyl (C=O) groups is 3. The van der Waals surface area contributed by atoms with E-state index in [4.69, 9.17) is 11.0 Å². The van der Waals surface area contributed by atoms with Crippen LogP contribution in [0.2, 0.25) is 0 Å². The van der Waals surface area contributed by atoms with Crippen molar-refractivity contribution in [3.63, 3.8) is 0 Å². The molecule has 0 aromatic heterocycles. The zero-order valence-electron chi connectivity index (χ0n) is 17.7. The highest BCUT2D eigenvalue weighted by Crippen LogP contribution is 2.16. The molecule has 0 aromatic carbocycles. The summed E-state index contributed by atoms with van der Waals surface area (Å²) in [6.45, 7) is 0.767. The molecule has 1 aliphatic rings. The summed E-state index contributed by atoms with van der Waals surface area (Å²) in [5, 5.41) is 0. The maximum absolute atomic E-state index is 13.3. The molecule has 18 heavy (non-hydrogen) atoms. The molecule has 0 N–H and O–H groups in total. The Balaban J connectivity index is 2.96. The first-order valence-corrected chi connectivity index (χ1v) is 5.21. The first kappa shape index (κ1) is 6.59. The van der Waals surface area contributed by atoms with Crippen molar-refractivity contribution in [2.45, 2.75) is 51.7 Å². The van der Waals surface area contributed by atoms with E-state index >= 15 is 0 Å². The number of carbonyl (C=O) groups excluding carboxylic acids is 3. The molecule has 1 heterocycles. The van der Waals surface area contributed by atoms with Gasteiger partial charge in [-0.2, -0.15) is 0 Å². The molecule has 5 heteroatoms. The van der Waals surface area contributed by atoms with Crippen LogP contribution >= 0.6 is 0 Å². The summed E-state index contributed by atoms with van der Waals surface area (Å²) in [6.07, 6.45) is -14.4. The van der Waals surface area contributed by atoms with Gasteiger partial charge in [0.15, 0.2) is 5.83 Å². The Morgan fingerprint density at radius 2 is 2.17 bits per heavy atom. The lowest BCUT2D eigenvalue weighted by atomic mass is 10.1. The van der Waals surface area contributed by atoms with Crippen molar-refractivity contribution in [1.82, 2.24) is 4.90 Å². The Morgan fingerprint density at radius 1 is 1.44 bits per heavy atom. The van der Waals surface area contributed by atoms with E-state index in [0.717, 1.165) is 6.92 Å². The molecule has 0 aliphatic carbocycles. The van der Waals surface area contributed by atoms with E-state index in [0.29, 0.717) is 11.1 Å². The zero-order chi connectivity index (χ0) is 20.7. The lowest BCUT2D eigenvalue weighted by Crippen LogP contribution is -2.37. The maximum Gasteiger partial charge on any atom is 0.241 e. The van der Waals surface area contributed by atoms with Gasteiger partial charge in [-0.15, -0.1) is 0 Å². The lowest BCUT2D eigenvalue weighted by molar-refractivity contribution is -0.143. The third kappa shape index (κ3) is 4.05. The number of hydrogen-bond acceptors (Lipinski definition) is 3. The summed E-state index contributed by atoms with van der Waals surface area (Å²) in [5.41, 5.74) is 0. The number of allylic oxidation sites excluding steroid dienone is 1. The van der Waals surface area contributed by atoms with E-state index in [1.54, 1.807) is 0 Å². The van der Waals surface area contributed by atoms with Gasteiger partial charge >= 0.3 is 0 Å². The average Bonchev–Trinajstić information content (AvgIpc) is 2.47. The minimum atomic E-state index is -3.32. The van der Waals surface area contributed by atoms with Crippen molar-refractivity contribution in [3.05, 3.63) is 12.0 Å². The molecular formula is C13H18FNO3. The van der Waals surface area contributed by atoms with Crippen molar-refractivity contribution in [3.8, 4) is 0 Å². The highest BCUT2D eigenvalue weighted by Gasteiger charge is 2.29. The summed E-state index contributed by atoms with van der Waals surface area (Å²) in [5.74, 6) is -4.50. The van der Waals surface area contributed by atoms with Gasteiger partial charge in [0.1, 0.15) is 0 Å². The second-order valence-corrected chi connectivity index (χ2v) is 3.41. The Hall–Kier alpha value is -1.52. The summed E-state index contributed by atoms with van der Waals surface area (Å²) in [7, 11) is 0. The molecule has 0 radical (unpaired) electrons. The first-order chi connectivity index (χ1) is 11.5. The summed E-state index contributed by atoms with van der Waals surface area (Å²) in [6, 6.07) is 0. The largest absolute Gasteiger partial charge is 0.291 e. The van der Waals surface area contributed by atoms with Gasteiger partial charge in [-0.05, 0) is 6.42 Å². The summed E-state index contributed by atoms with van der Waals surface area (Å²) >= 11 is 0. The van der Waals surface area contributed by atoms with Crippen LogP contribution in [0.25, 0.3) is 0 Å². The molecular weight excluding hydrogens is 237 g/mol. The van der Waals surface area contributed by atoms with E-state index in [2.05, 4.69) is 0 Å². The van der Waals surface area contributed by atoms with E-state index in [1.807, 2.05) is 0 Å². The van der Waals surface area contributed by atoms with Crippen LogP contribution in [-0.2, 0) is 14.4 Å². The highest BCUT2D eigenvalue weighted by molar-refractivity contribution is 6.13. The number of Topliss-reactive ketones (excluding diaryl/α,β-unsaturated/α-hetero) is 1. The Morgan fingerprint density at radius 3 is 2.83 bits per heavy atom. The van der Waals surface area contributed by atoms with Crippen LogP contribution in [0.4, 0.5) is 4.39 Å². The molecule has 0 spiro atoms. The topological polar surface area (TPSA) is 54.5 Å². The van der Waals surface area contributed by atoms with Crippen LogP contribution in [0.1, 0.15) is 62.6 Å². The quantitative estimate of drug-likeness (QED) is 0.692. The summed E-state index contributed by atoms with van der Waals surface area (Å²) in [4.78, 5) is 34.9. The molecule has 0 bridgehead atoms. The van der Waals surface area contributed by atoms with Crippen LogP contribution < -0.4 is 0 Å². The molecule has 1 aliphatic heterocycles. The van der Waals surface area contributed by atoms with Crippen molar-refractivity contribution in [2.24, 2.45) is 0 Å². The monoisotopic (exact) mass is 263 g/mol. The second kappa shape index (κ2) is 7.03. The third-order valence-corrected chi connectivity index (χ3v) is 2.10.